The molecule has 72 valence electrons. The molecule has 0 aromatic rings. The molecule has 3 heteroatoms. The number of piperazine rings is 1. The quantitative estimate of drug-likeness (QED) is 0.635. The van der Waals surface area contributed by atoms with Crippen molar-refractivity contribution in [1.82, 2.24) is 9.80 Å². The molecule has 1 heterocycles. The number of aliphatic hydroxyl groups is 1. The van der Waals surface area contributed by atoms with E-state index < -0.39 is 0 Å². The van der Waals surface area contributed by atoms with Gasteiger partial charge in [-0.2, -0.15) is 0 Å². The maximum atomic E-state index is 9.23. The number of hydrogen-bond acceptors (Lipinski definition) is 3. The average molecular weight is 172 g/mol. The van der Waals surface area contributed by atoms with Gasteiger partial charge in [0.05, 0.1) is 6.10 Å². The summed E-state index contributed by atoms with van der Waals surface area (Å²) >= 11 is 0. The summed E-state index contributed by atoms with van der Waals surface area (Å²) in [5.41, 5.74) is 0. The summed E-state index contributed by atoms with van der Waals surface area (Å²) in [7, 11) is 2.15. The molecule has 0 amide bonds. The van der Waals surface area contributed by atoms with Crippen molar-refractivity contribution in [3.63, 3.8) is 0 Å². The van der Waals surface area contributed by atoms with Crippen LogP contribution in [0.2, 0.25) is 0 Å². The van der Waals surface area contributed by atoms with Crippen LogP contribution >= 0.6 is 0 Å². The first-order valence-electron chi connectivity index (χ1n) is 4.70. The lowest BCUT2D eigenvalue weighted by atomic mass is 10.2. The third-order valence-corrected chi connectivity index (χ3v) is 2.47. The highest BCUT2D eigenvalue weighted by Crippen LogP contribution is 2.07. The molecule has 1 rings (SSSR count). The fourth-order valence-corrected chi connectivity index (χ4v) is 1.79. The van der Waals surface area contributed by atoms with E-state index in [9.17, 15) is 5.11 Å². The van der Waals surface area contributed by atoms with Gasteiger partial charge in [0.2, 0.25) is 0 Å². The Morgan fingerprint density at radius 2 is 2.17 bits per heavy atom. The standard InChI is InChI=1S/C9H20N2O/c1-8-6-10(3)4-5-11(8)7-9(2)12/h8-9,12H,4-7H2,1-3H3/t8?,9-/m1/s1. The second kappa shape index (κ2) is 4.21. The monoisotopic (exact) mass is 172 g/mol. The molecular formula is C9H20N2O. The lowest BCUT2D eigenvalue weighted by Gasteiger charge is -2.38. The van der Waals surface area contributed by atoms with Gasteiger partial charge >= 0.3 is 0 Å². The Bertz CT molecular complexity index is 138. The van der Waals surface area contributed by atoms with Gasteiger partial charge in [-0.05, 0) is 20.9 Å². The van der Waals surface area contributed by atoms with E-state index in [0.29, 0.717) is 6.04 Å². The van der Waals surface area contributed by atoms with Gasteiger partial charge in [-0.3, -0.25) is 4.90 Å². The fourth-order valence-electron chi connectivity index (χ4n) is 1.79. The van der Waals surface area contributed by atoms with Crippen LogP contribution in [0, 0.1) is 0 Å². The molecule has 0 bridgehead atoms. The summed E-state index contributed by atoms with van der Waals surface area (Å²) in [5.74, 6) is 0. The van der Waals surface area contributed by atoms with E-state index in [-0.39, 0.29) is 6.10 Å². The zero-order chi connectivity index (χ0) is 9.14. The second-order valence-electron chi connectivity index (χ2n) is 3.96. The predicted octanol–water partition coefficient (Wildman–Crippen LogP) is 0.00310. The molecular weight excluding hydrogens is 152 g/mol. The van der Waals surface area contributed by atoms with Crippen molar-refractivity contribution in [2.45, 2.75) is 26.0 Å². The minimum atomic E-state index is -0.198. The molecule has 0 aliphatic carbocycles. The van der Waals surface area contributed by atoms with Crippen molar-refractivity contribution in [2.24, 2.45) is 0 Å². The van der Waals surface area contributed by atoms with E-state index in [4.69, 9.17) is 0 Å². The first-order valence-corrected chi connectivity index (χ1v) is 4.70. The minimum Gasteiger partial charge on any atom is -0.392 e. The van der Waals surface area contributed by atoms with Gasteiger partial charge in [0.15, 0.2) is 0 Å². The van der Waals surface area contributed by atoms with Crippen LogP contribution in [-0.2, 0) is 0 Å². The van der Waals surface area contributed by atoms with Gasteiger partial charge in [0, 0.05) is 32.2 Å². The fraction of sp³-hybridized carbons (Fsp3) is 1.00. The Hall–Kier alpha value is -0.120. The topological polar surface area (TPSA) is 26.7 Å². The van der Waals surface area contributed by atoms with Crippen LogP contribution in [0.3, 0.4) is 0 Å². The predicted molar refractivity (Wildman–Crippen MR) is 50.2 cm³/mol. The number of aliphatic hydroxyl groups excluding tert-OH is 1. The van der Waals surface area contributed by atoms with E-state index >= 15 is 0 Å². The van der Waals surface area contributed by atoms with Gasteiger partial charge in [0.1, 0.15) is 0 Å². The molecule has 0 aromatic heterocycles. The number of rotatable bonds is 2. The molecule has 3 nitrogen and oxygen atoms in total. The van der Waals surface area contributed by atoms with Gasteiger partial charge in [-0.1, -0.05) is 0 Å². The average Bonchev–Trinajstić information content (AvgIpc) is 1.94. The zero-order valence-electron chi connectivity index (χ0n) is 8.32. The van der Waals surface area contributed by atoms with E-state index in [2.05, 4.69) is 23.8 Å². The maximum Gasteiger partial charge on any atom is 0.0639 e. The van der Waals surface area contributed by atoms with Gasteiger partial charge in [0.25, 0.3) is 0 Å². The van der Waals surface area contributed by atoms with Crippen LogP contribution in [0.4, 0.5) is 0 Å². The van der Waals surface area contributed by atoms with Gasteiger partial charge in [-0.15, -0.1) is 0 Å². The zero-order valence-corrected chi connectivity index (χ0v) is 8.32. The molecule has 1 saturated heterocycles. The third kappa shape index (κ3) is 2.73. The van der Waals surface area contributed by atoms with Crippen LogP contribution in [0.5, 0.6) is 0 Å². The highest BCUT2D eigenvalue weighted by atomic mass is 16.3. The first kappa shape index (κ1) is 9.96. The summed E-state index contributed by atoms with van der Waals surface area (Å²) in [5, 5.41) is 9.23. The van der Waals surface area contributed by atoms with Crippen LogP contribution in [0.15, 0.2) is 0 Å². The molecule has 12 heavy (non-hydrogen) atoms. The van der Waals surface area contributed by atoms with Gasteiger partial charge < -0.3 is 10.0 Å². The summed E-state index contributed by atoms with van der Waals surface area (Å²) < 4.78 is 0. The van der Waals surface area contributed by atoms with E-state index in [1.54, 1.807) is 0 Å². The normalized spacial score (nSPS) is 30.5. The second-order valence-corrected chi connectivity index (χ2v) is 3.96. The minimum absolute atomic E-state index is 0.198. The van der Waals surface area contributed by atoms with Crippen LogP contribution in [0.1, 0.15) is 13.8 Å². The Balaban J connectivity index is 2.34. The van der Waals surface area contributed by atoms with E-state index in [0.717, 1.165) is 26.2 Å². The van der Waals surface area contributed by atoms with Crippen molar-refractivity contribution in [3.05, 3.63) is 0 Å². The first-order chi connectivity index (χ1) is 5.59. The largest absolute Gasteiger partial charge is 0.392 e. The number of nitrogens with zero attached hydrogens (tertiary/aromatic N) is 2. The molecule has 1 unspecified atom stereocenters. The number of likely N-dealkylation sites (N-methyl/N-ethyl adjacent to an activating group) is 1. The van der Waals surface area contributed by atoms with Crippen LogP contribution in [-0.4, -0.2) is 60.3 Å². The summed E-state index contributed by atoms with van der Waals surface area (Å²) in [6, 6.07) is 0.582. The molecule has 2 atom stereocenters. The molecule has 0 radical (unpaired) electrons. The number of hydrogen-bond donors (Lipinski definition) is 1. The lowest BCUT2D eigenvalue weighted by Crippen LogP contribution is -2.52. The number of β-amino-alcohol motifs (C(OH)–C–C–N with tert-alkyl or cyclic N) is 1. The molecule has 1 N–H and O–H groups in total. The highest BCUT2D eigenvalue weighted by molar-refractivity contribution is 4.77. The Morgan fingerprint density at radius 3 is 2.67 bits per heavy atom. The molecule has 0 aromatic carbocycles. The van der Waals surface area contributed by atoms with Crippen molar-refractivity contribution in [2.75, 3.05) is 33.2 Å². The van der Waals surface area contributed by atoms with E-state index in [1.807, 2.05) is 6.92 Å². The molecule has 1 fully saturated rings. The maximum absolute atomic E-state index is 9.23. The van der Waals surface area contributed by atoms with Crippen molar-refractivity contribution in [1.29, 1.82) is 0 Å². The highest BCUT2D eigenvalue weighted by Gasteiger charge is 2.21. The molecule has 1 aliphatic heterocycles. The third-order valence-electron chi connectivity index (χ3n) is 2.47. The Labute approximate surface area is 75.0 Å². The Morgan fingerprint density at radius 1 is 1.50 bits per heavy atom. The Kier molecular flexibility index (Phi) is 3.50. The van der Waals surface area contributed by atoms with Crippen LogP contribution < -0.4 is 0 Å². The SMILES string of the molecule is CC1CN(C)CCN1C[C@@H](C)O. The van der Waals surface area contributed by atoms with Crippen LogP contribution in [0.25, 0.3) is 0 Å². The van der Waals surface area contributed by atoms with Crippen molar-refractivity contribution >= 4 is 0 Å². The van der Waals surface area contributed by atoms with E-state index in [1.165, 1.54) is 0 Å². The molecule has 0 saturated carbocycles. The summed E-state index contributed by atoms with van der Waals surface area (Å²) in [6.45, 7) is 8.21. The van der Waals surface area contributed by atoms with Gasteiger partial charge in [-0.25, -0.2) is 0 Å². The smallest absolute Gasteiger partial charge is 0.0639 e. The molecule has 1 aliphatic rings. The summed E-state index contributed by atoms with van der Waals surface area (Å²) in [6.07, 6.45) is -0.198. The summed E-state index contributed by atoms with van der Waals surface area (Å²) in [4.78, 5) is 4.69. The van der Waals surface area contributed by atoms with Crippen molar-refractivity contribution < 1.29 is 5.11 Å². The molecule has 0 spiro atoms. The van der Waals surface area contributed by atoms with Crippen molar-refractivity contribution in [3.8, 4) is 0 Å². The lowest BCUT2D eigenvalue weighted by molar-refractivity contribution is 0.0545.